The van der Waals surface area contributed by atoms with Gasteiger partial charge in [-0.05, 0) is 66.8 Å². The number of benzene rings is 3. The molecule has 0 bridgehead atoms. The zero-order valence-corrected chi connectivity index (χ0v) is 19.4. The van der Waals surface area contributed by atoms with Crippen molar-refractivity contribution >= 4 is 28.7 Å². The van der Waals surface area contributed by atoms with Crippen LogP contribution in [0.2, 0.25) is 5.02 Å². The molecule has 0 saturated carbocycles. The van der Waals surface area contributed by atoms with Gasteiger partial charge in [-0.25, -0.2) is 13.8 Å². The molecule has 4 aromatic rings. The number of carbonyl (C=O) groups is 1. The maximum atomic E-state index is 15.5. The summed E-state index contributed by atoms with van der Waals surface area (Å²) >= 11 is 6.68. The number of hydrogen-bond donors (Lipinski definition) is 1. The summed E-state index contributed by atoms with van der Waals surface area (Å²) in [4.78, 5) is 18.1. The molecule has 1 saturated heterocycles. The van der Waals surface area contributed by atoms with Gasteiger partial charge in [0, 0.05) is 18.2 Å². The van der Waals surface area contributed by atoms with E-state index in [4.69, 9.17) is 16.0 Å². The van der Waals surface area contributed by atoms with Crippen molar-refractivity contribution in [2.24, 2.45) is 5.92 Å². The Hall–Kier alpha value is -3.29. The van der Waals surface area contributed by atoms with E-state index in [1.165, 1.54) is 12.1 Å². The maximum absolute atomic E-state index is 15.5. The molecule has 0 radical (unpaired) electrons. The van der Waals surface area contributed by atoms with E-state index >= 15 is 4.39 Å². The summed E-state index contributed by atoms with van der Waals surface area (Å²) in [5, 5.41) is 9.70. The fourth-order valence-electron chi connectivity index (χ4n) is 5.42. The standard InChI is InChI=1S/C27H21ClF2N2O3/c28-23-17(14-3-1-4-16(29)11-14)5-2-6-19(23)26-31-21-12-20-18(24(30)25(21)35-26)7-8-22(20)32-10-9-15(13-32)27(33)34/h1-6,11-12,15,22H,7-10,13H2,(H,33,34). The van der Waals surface area contributed by atoms with Crippen LogP contribution in [0.25, 0.3) is 33.7 Å². The van der Waals surface area contributed by atoms with Gasteiger partial charge in [0.05, 0.1) is 16.5 Å². The van der Waals surface area contributed by atoms with Crippen molar-refractivity contribution in [1.82, 2.24) is 9.88 Å². The Morgan fingerprint density at radius 1 is 1.11 bits per heavy atom. The van der Waals surface area contributed by atoms with Crippen LogP contribution < -0.4 is 0 Å². The second kappa shape index (κ2) is 8.43. The van der Waals surface area contributed by atoms with Crippen LogP contribution in [0.5, 0.6) is 0 Å². The second-order valence-corrected chi connectivity index (χ2v) is 9.55. The highest BCUT2D eigenvalue weighted by Crippen LogP contribution is 2.43. The van der Waals surface area contributed by atoms with Gasteiger partial charge in [-0.1, -0.05) is 35.9 Å². The zero-order chi connectivity index (χ0) is 24.3. The van der Waals surface area contributed by atoms with Crippen LogP contribution >= 0.6 is 11.6 Å². The maximum Gasteiger partial charge on any atom is 0.307 e. The van der Waals surface area contributed by atoms with E-state index in [0.717, 1.165) is 12.0 Å². The second-order valence-electron chi connectivity index (χ2n) is 9.18. The minimum absolute atomic E-state index is 0.0340. The Morgan fingerprint density at radius 3 is 2.69 bits per heavy atom. The van der Waals surface area contributed by atoms with Crippen molar-refractivity contribution in [2.75, 3.05) is 13.1 Å². The monoisotopic (exact) mass is 494 g/mol. The van der Waals surface area contributed by atoms with Crippen molar-refractivity contribution in [3.05, 3.63) is 76.3 Å². The molecular weight excluding hydrogens is 474 g/mol. The van der Waals surface area contributed by atoms with E-state index in [9.17, 15) is 14.3 Å². The van der Waals surface area contributed by atoms with Crippen LogP contribution in [0.15, 0.2) is 52.9 Å². The molecule has 6 rings (SSSR count). The molecule has 2 unspecified atom stereocenters. The molecule has 1 aromatic heterocycles. The van der Waals surface area contributed by atoms with E-state index in [-0.39, 0.29) is 23.3 Å². The van der Waals surface area contributed by atoms with Gasteiger partial charge < -0.3 is 9.52 Å². The average Bonchev–Trinajstić information content (AvgIpc) is 3.57. The Labute approximate surface area is 204 Å². The summed E-state index contributed by atoms with van der Waals surface area (Å²) in [6.07, 6.45) is 1.89. The van der Waals surface area contributed by atoms with Crippen LogP contribution in [0.3, 0.4) is 0 Å². The molecule has 178 valence electrons. The van der Waals surface area contributed by atoms with Gasteiger partial charge in [0.1, 0.15) is 11.3 Å². The number of aliphatic carboxylic acids is 1. The minimum Gasteiger partial charge on any atom is -0.481 e. The van der Waals surface area contributed by atoms with E-state index in [0.29, 0.717) is 58.7 Å². The molecule has 8 heteroatoms. The Kier molecular flexibility index (Phi) is 5.34. The molecule has 0 amide bonds. The summed E-state index contributed by atoms with van der Waals surface area (Å²) in [5.41, 5.74) is 3.65. The third kappa shape index (κ3) is 3.70. The van der Waals surface area contributed by atoms with Crippen LogP contribution in [-0.4, -0.2) is 34.0 Å². The lowest BCUT2D eigenvalue weighted by Crippen LogP contribution is -2.26. The molecule has 5 nitrogen and oxygen atoms in total. The molecule has 1 N–H and O–H groups in total. The van der Waals surface area contributed by atoms with Crippen LogP contribution in [0.4, 0.5) is 8.78 Å². The fourth-order valence-corrected chi connectivity index (χ4v) is 5.73. The molecule has 35 heavy (non-hydrogen) atoms. The van der Waals surface area contributed by atoms with Crippen LogP contribution in [-0.2, 0) is 11.2 Å². The molecule has 3 aromatic carbocycles. The van der Waals surface area contributed by atoms with Gasteiger partial charge in [0.25, 0.3) is 0 Å². The number of aromatic nitrogens is 1. The largest absolute Gasteiger partial charge is 0.481 e. The van der Waals surface area contributed by atoms with Crippen molar-refractivity contribution in [1.29, 1.82) is 0 Å². The number of likely N-dealkylation sites (tertiary alicyclic amines) is 1. The summed E-state index contributed by atoms with van der Waals surface area (Å²) in [5.74, 6) is -1.78. The predicted molar refractivity (Wildman–Crippen MR) is 128 cm³/mol. The van der Waals surface area contributed by atoms with Crippen molar-refractivity contribution < 1.29 is 23.1 Å². The summed E-state index contributed by atoms with van der Waals surface area (Å²) in [7, 11) is 0. The third-order valence-corrected chi connectivity index (χ3v) is 7.57. The predicted octanol–water partition coefficient (Wildman–Crippen LogP) is 6.49. The summed E-state index contributed by atoms with van der Waals surface area (Å²) in [6.45, 7) is 1.14. The topological polar surface area (TPSA) is 66.6 Å². The number of fused-ring (bicyclic) bond motifs is 2. The highest BCUT2D eigenvalue weighted by Gasteiger charge is 2.37. The Bertz CT molecular complexity index is 1490. The van der Waals surface area contributed by atoms with Gasteiger partial charge in [-0.2, -0.15) is 0 Å². The lowest BCUT2D eigenvalue weighted by atomic mass is 10.0. The molecule has 2 aliphatic rings. The molecular formula is C27H21ClF2N2O3. The Morgan fingerprint density at radius 2 is 1.91 bits per heavy atom. The van der Waals surface area contributed by atoms with Gasteiger partial charge in [-0.15, -0.1) is 0 Å². The molecule has 1 aliphatic carbocycles. The summed E-state index contributed by atoms with van der Waals surface area (Å²) in [6, 6.07) is 13.2. The molecule has 0 spiro atoms. The number of nitrogens with zero attached hydrogens (tertiary/aromatic N) is 2. The van der Waals surface area contributed by atoms with Gasteiger partial charge >= 0.3 is 5.97 Å². The highest BCUT2D eigenvalue weighted by atomic mass is 35.5. The SMILES string of the molecule is O=C(O)C1CCN(C2CCc3c2cc2nc(-c4cccc(-c5cccc(F)c5)c4Cl)oc2c3F)C1. The van der Waals surface area contributed by atoms with E-state index in [2.05, 4.69) is 9.88 Å². The number of carboxylic acids is 1. The first-order chi connectivity index (χ1) is 16.9. The smallest absolute Gasteiger partial charge is 0.307 e. The first-order valence-corrected chi connectivity index (χ1v) is 11.9. The normalized spacial score (nSPS) is 20.0. The lowest BCUT2D eigenvalue weighted by Gasteiger charge is -2.24. The molecule has 2 atom stereocenters. The first-order valence-electron chi connectivity index (χ1n) is 11.5. The number of hydrogen-bond acceptors (Lipinski definition) is 4. The minimum atomic E-state index is -0.786. The van der Waals surface area contributed by atoms with Crippen LogP contribution in [0, 0.1) is 17.6 Å². The number of rotatable bonds is 4. The first kappa shape index (κ1) is 22.2. The van der Waals surface area contributed by atoms with E-state index < -0.39 is 17.7 Å². The van der Waals surface area contributed by atoms with Crippen molar-refractivity contribution in [3.8, 4) is 22.6 Å². The number of oxazole rings is 1. The third-order valence-electron chi connectivity index (χ3n) is 7.16. The summed E-state index contributed by atoms with van der Waals surface area (Å²) < 4.78 is 35.2. The Balaban J connectivity index is 1.39. The van der Waals surface area contributed by atoms with Crippen molar-refractivity contribution in [3.63, 3.8) is 0 Å². The average molecular weight is 495 g/mol. The van der Waals surface area contributed by atoms with E-state index in [1.54, 1.807) is 30.3 Å². The van der Waals surface area contributed by atoms with Gasteiger partial charge in [-0.3, -0.25) is 9.69 Å². The zero-order valence-electron chi connectivity index (χ0n) is 18.6. The number of carboxylic acid groups (broad SMARTS) is 1. The molecule has 1 aliphatic heterocycles. The van der Waals surface area contributed by atoms with Gasteiger partial charge in [0.2, 0.25) is 5.89 Å². The quantitative estimate of drug-likeness (QED) is 0.351. The fraction of sp³-hybridized carbons (Fsp3) is 0.259. The molecule has 2 heterocycles. The highest BCUT2D eigenvalue weighted by molar-refractivity contribution is 6.36. The van der Waals surface area contributed by atoms with Gasteiger partial charge in [0.15, 0.2) is 11.4 Å². The van der Waals surface area contributed by atoms with E-state index in [1.807, 2.05) is 6.07 Å². The number of halogens is 3. The molecule has 1 fully saturated rings. The van der Waals surface area contributed by atoms with Crippen molar-refractivity contribution in [2.45, 2.75) is 25.3 Å². The lowest BCUT2D eigenvalue weighted by molar-refractivity contribution is -0.141. The van der Waals surface area contributed by atoms with Crippen LogP contribution in [0.1, 0.15) is 30.0 Å².